The van der Waals surface area contributed by atoms with Gasteiger partial charge in [0.05, 0.1) is 0 Å². The van der Waals surface area contributed by atoms with E-state index in [4.69, 9.17) is 0 Å². The first-order valence-electron chi connectivity index (χ1n) is 6.75. The smallest absolute Gasteiger partial charge is 0.00615 e. The van der Waals surface area contributed by atoms with E-state index in [0.29, 0.717) is 0 Å². The van der Waals surface area contributed by atoms with Crippen molar-refractivity contribution in [3.8, 4) is 0 Å². The van der Waals surface area contributed by atoms with Crippen molar-refractivity contribution in [3.05, 3.63) is 77.9 Å². The molecule has 1 fully saturated rings. The van der Waals surface area contributed by atoms with E-state index in [2.05, 4.69) is 66.7 Å². The molecule has 0 radical (unpaired) electrons. The largest absolute Gasteiger partial charge is 0.0723 e. The molecule has 0 amide bonds. The second-order valence-corrected chi connectivity index (χ2v) is 5.43. The molecule has 0 nitrogen and oxygen atoms in total. The van der Waals surface area contributed by atoms with Crippen molar-refractivity contribution in [1.82, 2.24) is 0 Å². The lowest BCUT2D eigenvalue weighted by Crippen LogP contribution is -1.89. The predicted molar refractivity (Wildman–Crippen MR) is 75.2 cm³/mol. The normalized spacial score (nSPS) is 28.7. The van der Waals surface area contributed by atoms with Crippen LogP contribution in [0.4, 0.5) is 0 Å². The minimum Gasteiger partial charge on any atom is -0.0723 e. The van der Waals surface area contributed by atoms with Gasteiger partial charge < -0.3 is 0 Å². The van der Waals surface area contributed by atoms with Crippen LogP contribution in [0.2, 0.25) is 0 Å². The van der Waals surface area contributed by atoms with Crippen LogP contribution in [0.5, 0.6) is 0 Å². The third-order valence-electron chi connectivity index (χ3n) is 4.25. The Balaban J connectivity index is 1.45. The van der Waals surface area contributed by atoms with Crippen molar-refractivity contribution in [2.45, 2.75) is 12.3 Å². The van der Waals surface area contributed by atoms with Crippen LogP contribution in [-0.2, 0) is 0 Å². The second-order valence-electron chi connectivity index (χ2n) is 5.43. The van der Waals surface area contributed by atoms with Gasteiger partial charge in [-0.1, -0.05) is 66.7 Å². The molecule has 0 bridgehead atoms. The Morgan fingerprint density at radius 3 is 2.17 bits per heavy atom. The van der Waals surface area contributed by atoms with Crippen LogP contribution < -0.4 is 0 Å². The van der Waals surface area contributed by atoms with Gasteiger partial charge in [0.15, 0.2) is 0 Å². The summed E-state index contributed by atoms with van der Waals surface area (Å²) in [5.41, 5.74) is 4.51. The number of benzene rings is 2. The van der Waals surface area contributed by atoms with Crippen LogP contribution in [0.25, 0.3) is 5.57 Å². The zero-order chi connectivity index (χ0) is 11.9. The molecule has 0 N–H and O–H groups in total. The summed E-state index contributed by atoms with van der Waals surface area (Å²) in [5, 5.41) is 0. The standard InChI is InChI=1S/C18H16/c1-3-7-13(8-4-1)15-11-17(15)18-12-16(18)14-9-5-2-6-10-14/h1-11,16-18H,12H2. The second kappa shape index (κ2) is 3.84. The fourth-order valence-electron chi connectivity index (χ4n) is 3.11. The van der Waals surface area contributed by atoms with Crippen molar-refractivity contribution in [3.63, 3.8) is 0 Å². The fourth-order valence-corrected chi connectivity index (χ4v) is 3.11. The van der Waals surface area contributed by atoms with Gasteiger partial charge in [0.2, 0.25) is 0 Å². The summed E-state index contributed by atoms with van der Waals surface area (Å²) in [5.74, 6) is 2.41. The molecule has 0 spiro atoms. The van der Waals surface area contributed by atoms with E-state index in [1.54, 1.807) is 5.57 Å². The Morgan fingerprint density at radius 2 is 1.44 bits per heavy atom. The molecule has 2 aromatic carbocycles. The number of allylic oxidation sites excluding steroid dienone is 2. The Kier molecular flexibility index (Phi) is 2.16. The maximum absolute atomic E-state index is 2.45. The van der Waals surface area contributed by atoms with Crippen molar-refractivity contribution in [1.29, 1.82) is 0 Å². The van der Waals surface area contributed by atoms with E-state index in [1.807, 2.05) is 0 Å². The Labute approximate surface area is 108 Å². The molecule has 0 heterocycles. The van der Waals surface area contributed by atoms with Crippen LogP contribution in [-0.4, -0.2) is 0 Å². The summed E-state index contributed by atoms with van der Waals surface area (Å²) in [6.45, 7) is 0. The minimum atomic E-state index is 0.748. The maximum atomic E-state index is 2.45. The van der Waals surface area contributed by atoms with Gasteiger partial charge in [0, 0.05) is 5.92 Å². The van der Waals surface area contributed by atoms with Gasteiger partial charge >= 0.3 is 0 Å². The van der Waals surface area contributed by atoms with Crippen molar-refractivity contribution < 1.29 is 0 Å². The summed E-state index contributed by atoms with van der Waals surface area (Å²) >= 11 is 0. The Hall–Kier alpha value is -1.82. The minimum absolute atomic E-state index is 0.748. The number of rotatable bonds is 3. The molecule has 0 aromatic heterocycles. The lowest BCUT2D eigenvalue weighted by atomic mass is 10.0. The van der Waals surface area contributed by atoms with E-state index in [1.165, 1.54) is 17.5 Å². The highest BCUT2D eigenvalue weighted by Crippen LogP contribution is 2.60. The first kappa shape index (κ1) is 10.1. The highest BCUT2D eigenvalue weighted by molar-refractivity contribution is 5.81. The van der Waals surface area contributed by atoms with Gasteiger partial charge in [-0.05, 0) is 35.0 Å². The van der Waals surface area contributed by atoms with Gasteiger partial charge in [-0.3, -0.25) is 0 Å². The van der Waals surface area contributed by atoms with Crippen molar-refractivity contribution >= 4 is 5.57 Å². The molecule has 88 valence electrons. The van der Waals surface area contributed by atoms with Crippen LogP contribution in [0.1, 0.15) is 23.5 Å². The predicted octanol–water partition coefficient (Wildman–Crippen LogP) is 4.50. The lowest BCUT2D eigenvalue weighted by Gasteiger charge is -2.01. The van der Waals surface area contributed by atoms with E-state index < -0.39 is 0 Å². The molecular weight excluding hydrogens is 216 g/mol. The average molecular weight is 232 g/mol. The van der Waals surface area contributed by atoms with Gasteiger partial charge in [0.25, 0.3) is 0 Å². The molecular formula is C18H16. The zero-order valence-corrected chi connectivity index (χ0v) is 10.3. The molecule has 4 rings (SSSR count). The SMILES string of the molecule is C1=C(c2ccccc2)C1C1CC1c1ccccc1. The summed E-state index contributed by atoms with van der Waals surface area (Å²) in [7, 11) is 0. The lowest BCUT2D eigenvalue weighted by molar-refractivity contribution is 0.750. The van der Waals surface area contributed by atoms with Crippen LogP contribution in [0, 0.1) is 11.8 Å². The molecule has 0 heteroatoms. The van der Waals surface area contributed by atoms with Crippen LogP contribution >= 0.6 is 0 Å². The van der Waals surface area contributed by atoms with Gasteiger partial charge in [-0.25, -0.2) is 0 Å². The quantitative estimate of drug-likeness (QED) is 0.730. The summed E-state index contributed by atoms with van der Waals surface area (Å²) in [6, 6.07) is 21.8. The van der Waals surface area contributed by atoms with Crippen LogP contribution in [0.15, 0.2) is 66.7 Å². The molecule has 3 unspecified atom stereocenters. The van der Waals surface area contributed by atoms with Gasteiger partial charge in [-0.15, -0.1) is 0 Å². The molecule has 2 aliphatic carbocycles. The monoisotopic (exact) mass is 232 g/mol. The first-order valence-corrected chi connectivity index (χ1v) is 6.75. The van der Waals surface area contributed by atoms with Gasteiger partial charge in [0.1, 0.15) is 0 Å². The summed E-state index contributed by atoms with van der Waals surface area (Å²) < 4.78 is 0. The van der Waals surface area contributed by atoms with Gasteiger partial charge in [-0.2, -0.15) is 0 Å². The highest BCUT2D eigenvalue weighted by Gasteiger charge is 2.48. The molecule has 2 aliphatic rings. The Bertz CT molecular complexity index is 580. The van der Waals surface area contributed by atoms with E-state index in [9.17, 15) is 0 Å². The van der Waals surface area contributed by atoms with E-state index >= 15 is 0 Å². The first-order chi connectivity index (χ1) is 8.93. The van der Waals surface area contributed by atoms with E-state index in [-0.39, 0.29) is 0 Å². The number of hydrogen-bond donors (Lipinski definition) is 0. The summed E-state index contributed by atoms with van der Waals surface area (Å²) in [6.07, 6.45) is 3.81. The van der Waals surface area contributed by atoms with Crippen molar-refractivity contribution in [2.24, 2.45) is 11.8 Å². The highest BCUT2D eigenvalue weighted by atomic mass is 14.5. The third-order valence-corrected chi connectivity index (χ3v) is 4.25. The molecule has 18 heavy (non-hydrogen) atoms. The zero-order valence-electron chi connectivity index (χ0n) is 10.3. The van der Waals surface area contributed by atoms with Crippen LogP contribution in [0.3, 0.4) is 0 Å². The summed E-state index contributed by atoms with van der Waals surface area (Å²) in [4.78, 5) is 0. The molecule has 0 saturated heterocycles. The topological polar surface area (TPSA) is 0 Å². The molecule has 1 saturated carbocycles. The number of hydrogen-bond acceptors (Lipinski definition) is 0. The average Bonchev–Trinajstić information content (AvgIpc) is 3.32. The fraction of sp³-hybridized carbons (Fsp3) is 0.222. The Morgan fingerprint density at radius 1 is 0.778 bits per heavy atom. The molecule has 3 atom stereocenters. The molecule has 2 aromatic rings. The van der Waals surface area contributed by atoms with E-state index in [0.717, 1.165) is 17.8 Å². The third kappa shape index (κ3) is 1.69. The van der Waals surface area contributed by atoms with Crippen molar-refractivity contribution in [2.75, 3.05) is 0 Å². The maximum Gasteiger partial charge on any atom is 0.00615 e. The molecule has 0 aliphatic heterocycles.